The molecule has 0 spiro atoms. The lowest BCUT2D eigenvalue weighted by molar-refractivity contribution is -0.223. The fourth-order valence-electron chi connectivity index (χ4n) is 8.77. The summed E-state index contributed by atoms with van der Waals surface area (Å²) in [6.45, 7) is 6.89. The summed E-state index contributed by atoms with van der Waals surface area (Å²) in [5, 5.41) is 41.7. The van der Waals surface area contributed by atoms with Crippen molar-refractivity contribution in [2.75, 3.05) is 0 Å². The molecule has 0 aliphatic heterocycles. The van der Waals surface area contributed by atoms with E-state index in [1.165, 1.54) is 0 Å². The van der Waals surface area contributed by atoms with Crippen molar-refractivity contribution in [3.8, 4) is 0 Å². The van der Waals surface area contributed by atoms with Crippen LogP contribution in [0.1, 0.15) is 78.6 Å². The molecule has 4 saturated carbocycles. The van der Waals surface area contributed by atoms with Crippen LogP contribution in [-0.4, -0.2) is 44.7 Å². The average molecular weight is 409 g/mol. The van der Waals surface area contributed by atoms with Gasteiger partial charge in [0.25, 0.3) is 0 Å². The molecule has 0 aromatic rings. The van der Waals surface area contributed by atoms with E-state index in [2.05, 4.69) is 20.8 Å². The Morgan fingerprint density at radius 1 is 0.931 bits per heavy atom. The molecule has 166 valence electrons. The molecule has 0 saturated heterocycles. The summed E-state index contributed by atoms with van der Waals surface area (Å²) < 4.78 is 0. The molecule has 0 radical (unpaired) electrons. The molecule has 4 fully saturated rings. The van der Waals surface area contributed by atoms with Crippen LogP contribution in [0.4, 0.5) is 0 Å². The van der Waals surface area contributed by atoms with E-state index in [1.54, 1.807) is 0 Å². The van der Waals surface area contributed by atoms with Crippen molar-refractivity contribution in [3.63, 3.8) is 0 Å². The molecule has 5 nitrogen and oxygen atoms in total. The Bertz CT molecular complexity index is 637. The van der Waals surface area contributed by atoms with E-state index in [0.29, 0.717) is 30.1 Å². The zero-order valence-electron chi connectivity index (χ0n) is 18.3. The Hall–Kier alpha value is -0.650. The molecule has 0 amide bonds. The standard InChI is InChI=1S/C24H40O5/c1-13(4-7-19(26)27)15-5-6-16-20-17(9-11-23(15,16)2)24(3)10-8-14(25)12-18(24)21(28)22(20)29/h13-18,20-22,25,28-29H,4-12H2,1-3H3,(H,26,27)/t13-,14-,15-,16+,17+,18?,20?,21-,22?,23?,24?/m1/s1. The van der Waals surface area contributed by atoms with E-state index in [4.69, 9.17) is 5.11 Å². The highest BCUT2D eigenvalue weighted by Crippen LogP contribution is 2.68. The second kappa shape index (κ2) is 7.49. The molecule has 0 heterocycles. The van der Waals surface area contributed by atoms with Crippen molar-refractivity contribution in [3.05, 3.63) is 0 Å². The zero-order chi connectivity index (χ0) is 21.1. The summed E-state index contributed by atoms with van der Waals surface area (Å²) in [5.74, 6) is 1.06. The number of carbonyl (C=O) groups is 1. The second-order valence-electron chi connectivity index (χ2n) is 11.5. The van der Waals surface area contributed by atoms with E-state index in [-0.39, 0.29) is 35.2 Å². The van der Waals surface area contributed by atoms with Gasteiger partial charge in [-0.3, -0.25) is 4.79 Å². The normalized spacial score (nSPS) is 52.9. The van der Waals surface area contributed by atoms with Crippen molar-refractivity contribution in [2.45, 2.75) is 96.9 Å². The molecular formula is C24H40O5. The Labute approximate surface area is 174 Å². The molecule has 4 N–H and O–H groups in total. The first kappa shape index (κ1) is 21.6. The van der Waals surface area contributed by atoms with Crippen LogP contribution in [0.5, 0.6) is 0 Å². The minimum atomic E-state index is -0.748. The molecule has 4 aliphatic rings. The van der Waals surface area contributed by atoms with Crippen LogP contribution < -0.4 is 0 Å². The van der Waals surface area contributed by atoms with Gasteiger partial charge in [0.1, 0.15) is 0 Å². The third kappa shape index (κ3) is 3.27. The largest absolute Gasteiger partial charge is 0.481 e. The smallest absolute Gasteiger partial charge is 0.303 e. The molecule has 4 rings (SSSR count). The van der Waals surface area contributed by atoms with Gasteiger partial charge in [-0.05, 0) is 97.7 Å². The van der Waals surface area contributed by atoms with E-state index in [9.17, 15) is 20.1 Å². The molecule has 5 unspecified atom stereocenters. The highest BCUT2D eigenvalue weighted by Gasteiger charge is 2.65. The number of carboxylic acids is 1. The Kier molecular flexibility index (Phi) is 5.57. The van der Waals surface area contributed by atoms with Gasteiger partial charge >= 0.3 is 5.97 Å². The predicted molar refractivity (Wildman–Crippen MR) is 110 cm³/mol. The molecule has 4 aliphatic carbocycles. The number of aliphatic carboxylic acids is 1. The molecule has 5 heteroatoms. The van der Waals surface area contributed by atoms with Crippen molar-refractivity contribution in [2.24, 2.45) is 46.3 Å². The number of aliphatic hydroxyl groups is 3. The van der Waals surface area contributed by atoms with Crippen molar-refractivity contribution >= 4 is 5.97 Å². The summed E-state index contributed by atoms with van der Waals surface area (Å²) in [4.78, 5) is 11.1. The quantitative estimate of drug-likeness (QED) is 0.571. The third-order valence-corrected chi connectivity index (χ3v) is 10.3. The minimum Gasteiger partial charge on any atom is -0.481 e. The lowest BCUT2D eigenvalue weighted by atomic mass is 9.43. The summed E-state index contributed by atoms with van der Waals surface area (Å²) in [7, 11) is 0. The summed E-state index contributed by atoms with van der Waals surface area (Å²) in [5.41, 5.74) is 0.119. The van der Waals surface area contributed by atoms with Gasteiger partial charge in [-0.15, -0.1) is 0 Å². The van der Waals surface area contributed by atoms with E-state index in [1.807, 2.05) is 0 Å². The van der Waals surface area contributed by atoms with Crippen LogP contribution >= 0.6 is 0 Å². The predicted octanol–water partition coefficient (Wildman–Crippen LogP) is 3.45. The van der Waals surface area contributed by atoms with Crippen LogP contribution in [0.3, 0.4) is 0 Å². The number of hydrogen-bond acceptors (Lipinski definition) is 4. The third-order valence-electron chi connectivity index (χ3n) is 10.3. The second-order valence-corrected chi connectivity index (χ2v) is 11.5. The number of fused-ring (bicyclic) bond motifs is 5. The summed E-state index contributed by atoms with van der Waals surface area (Å²) >= 11 is 0. The van der Waals surface area contributed by atoms with Crippen molar-refractivity contribution in [1.29, 1.82) is 0 Å². The van der Waals surface area contributed by atoms with Gasteiger partial charge in [-0.2, -0.15) is 0 Å². The molecule has 0 aromatic heterocycles. The summed E-state index contributed by atoms with van der Waals surface area (Å²) in [6.07, 6.45) is 5.87. The van der Waals surface area contributed by atoms with Gasteiger partial charge in [-0.1, -0.05) is 20.8 Å². The fraction of sp³-hybridized carbons (Fsp3) is 0.958. The zero-order valence-corrected chi connectivity index (χ0v) is 18.3. The van der Waals surface area contributed by atoms with Crippen LogP contribution in [0.15, 0.2) is 0 Å². The van der Waals surface area contributed by atoms with Gasteiger partial charge in [0.05, 0.1) is 18.3 Å². The maximum Gasteiger partial charge on any atom is 0.303 e. The number of hydrogen-bond donors (Lipinski definition) is 4. The van der Waals surface area contributed by atoms with E-state index < -0.39 is 18.2 Å². The average Bonchev–Trinajstić information content (AvgIpc) is 3.02. The van der Waals surface area contributed by atoms with Crippen LogP contribution in [0, 0.1) is 46.3 Å². The van der Waals surface area contributed by atoms with Gasteiger partial charge in [-0.25, -0.2) is 0 Å². The fourth-order valence-corrected chi connectivity index (χ4v) is 8.77. The summed E-state index contributed by atoms with van der Waals surface area (Å²) in [6, 6.07) is 0. The molecule has 0 aromatic carbocycles. The lowest BCUT2D eigenvalue weighted by Gasteiger charge is -2.63. The highest BCUT2D eigenvalue weighted by atomic mass is 16.4. The monoisotopic (exact) mass is 408 g/mol. The first-order valence-corrected chi connectivity index (χ1v) is 11.9. The molecule has 29 heavy (non-hydrogen) atoms. The maximum absolute atomic E-state index is 11.3. The minimum absolute atomic E-state index is 0.00309. The Morgan fingerprint density at radius 3 is 2.28 bits per heavy atom. The SMILES string of the molecule is C[C@H](CCC(=O)O)[C@H]1CC[C@H]2C3C(O)[C@H](O)C4C[C@H](O)CCC4(C)[C@H]3CCC12C. The number of rotatable bonds is 4. The van der Waals surface area contributed by atoms with E-state index in [0.717, 1.165) is 44.9 Å². The van der Waals surface area contributed by atoms with Gasteiger partial charge in [0, 0.05) is 6.42 Å². The molecule has 11 atom stereocenters. The topological polar surface area (TPSA) is 98.0 Å². The Morgan fingerprint density at radius 2 is 1.59 bits per heavy atom. The number of aliphatic hydroxyl groups excluding tert-OH is 3. The highest BCUT2D eigenvalue weighted by molar-refractivity contribution is 5.66. The van der Waals surface area contributed by atoms with E-state index >= 15 is 0 Å². The van der Waals surface area contributed by atoms with Gasteiger partial charge in [0.15, 0.2) is 0 Å². The van der Waals surface area contributed by atoms with Crippen LogP contribution in [0.2, 0.25) is 0 Å². The lowest BCUT2D eigenvalue weighted by Crippen LogP contribution is -2.64. The molecular weight excluding hydrogens is 368 g/mol. The van der Waals surface area contributed by atoms with Crippen molar-refractivity contribution < 1.29 is 25.2 Å². The van der Waals surface area contributed by atoms with Gasteiger partial charge in [0.2, 0.25) is 0 Å². The molecule has 0 bridgehead atoms. The van der Waals surface area contributed by atoms with Gasteiger partial charge < -0.3 is 20.4 Å². The first-order chi connectivity index (χ1) is 13.6. The number of carboxylic acid groups (broad SMARTS) is 1. The van der Waals surface area contributed by atoms with Crippen LogP contribution in [-0.2, 0) is 4.79 Å². The Balaban J connectivity index is 1.59. The van der Waals surface area contributed by atoms with Crippen molar-refractivity contribution in [1.82, 2.24) is 0 Å². The first-order valence-electron chi connectivity index (χ1n) is 11.9. The maximum atomic E-state index is 11.3. The van der Waals surface area contributed by atoms with Crippen LogP contribution in [0.25, 0.3) is 0 Å².